The third-order valence-electron chi connectivity index (χ3n) is 3.17. The van der Waals surface area contributed by atoms with Crippen molar-refractivity contribution in [2.24, 2.45) is 0 Å². The molecule has 6 heteroatoms. The summed E-state index contributed by atoms with van der Waals surface area (Å²) < 4.78 is 0. The number of hydrogen-bond donors (Lipinski definition) is 1. The van der Waals surface area contributed by atoms with E-state index in [1.807, 2.05) is 37.7 Å². The SMILES string of the molecule is CCCN(CCN(C)C)C(=O)N(CC)C(C)CC(=O)O. The van der Waals surface area contributed by atoms with Gasteiger partial charge in [-0.25, -0.2) is 4.79 Å². The van der Waals surface area contributed by atoms with Gasteiger partial charge < -0.3 is 19.8 Å². The standard InChI is InChI=1S/C14H29N3O3/c1-6-8-16(10-9-15(4)5)14(20)17(7-2)12(3)11-13(18)19/h12H,6-11H2,1-5H3,(H,18,19). The van der Waals surface area contributed by atoms with Crippen LogP contribution in [-0.2, 0) is 4.79 Å². The van der Waals surface area contributed by atoms with Crippen molar-refractivity contribution in [3.63, 3.8) is 0 Å². The second-order valence-corrected chi connectivity index (χ2v) is 5.31. The first-order valence-corrected chi connectivity index (χ1v) is 7.25. The molecule has 118 valence electrons. The zero-order chi connectivity index (χ0) is 15.7. The Morgan fingerprint density at radius 1 is 1.10 bits per heavy atom. The van der Waals surface area contributed by atoms with E-state index < -0.39 is 5.97 Å². The molecule has 6 nitrogen and oxygen atoms in total. The molecular weight excluding hydrogens is 258 g/mol. The molecule has 0 fully saturated rings. The number of urea groups is 1. The summed E-state index contributed by atoms with van der Waals surface area (Å²) in [7, 11) is 3.94. The molecule has 1 N–H and O–H groups in total. The van der Waals surface area contributed by atoms with E-state index in [1.54, 1.807) is 11.8 Å². The molecule has 1 unspecified atom stereocenters. The zero-order valence-corrected chi connectivity index (χ0v) is 13.4. The topological polar surface area (TPSA) is 64.1 Å². The second-order valence-electron chi connectivity index (χ2n) is 5.31. The van der Waals surface area contributed by atoms with Crippen molar-refractivity contribution < 1.29 is 14.7 Å². The third-order valence-corrected chi connectivity index (χ3v) is 3.17. The molecule has 0 saturated carbocycles. The van der Waals surface area contributed by atoms with Gasteiger partial charge in [-0.1, -0.05) is 6.92 Å². The summed E-state index contributed by atoms with van der Waals surface area (Å²) in [6.45, 7) is 8.38. The van der Waals surface area contributed by atoms with E-state index in [0.29, 0.717) is 19.6 Å². The van der Waals surface area contributed by atoms with Gasteiger partial charge in [0.15, 0.2) is 0 Å². The number of hydrogen-bond acceptors (Lipinski definition) is 3. The van der Waals surface area contributed by atoms with Crippen LogP contribution in [0.3, 0.4) is 0 Å². The molecule has 0 bridgehead atoms. The second kappa shape index (κ2) is 9.58. The van der Waals surface area contributed by atoms with Gasteiger partial charge in [-0.15, -0.1) is 0 Å². The lowest BCUT2D eigenvalue weighted by atomic mass is 10.2. The number of aliphatic carboxylic acids is 1. The number of carboxylic acids is 1. The minimum Gasteiger partial charge on any atom is -0.481 e. The molecule has 0 aromatic carbocycles. The van der Waals surface area contributed by atoms with Crippen molar-refractivity contribution in [3.05, 3.63) is 0 Å². The molecule has 0 radical (unpaired) electrons. The molecular formula is C14H29N3O3. The number of likely N-dealkylation sites (N-methyl/N-ethyl adjacent to an activating group) is 1. The van der Waals surface area contributed by atoms with Crippen molar-refractivity contribution in [1.29, 1.82) is 0 Å². The summed E-state index contributed by atoms with van der Waals surface area (Å²) in [5.74, 6) is -0.876. The predicted molar refractivity (Wildman–Crippen MR) is 79.9 cm³/mol. The maximum Gasteiger partial charge on any atom is 0.320 e. The molecule has 0 aromatic rings. The molecule has 1 atom stereocenters. The van der Waals surface area contributed by atoms with Gasteiger partial charge in [0.25, 0.3) is 0 Å². The van der Waals surface area contributed by atoms with Crippen molar-refractivity contribution in [2.75, 3.05) is 40.3 Å². The van der Waals surface area contributed by atoms with Crippen LogP contribution in [0.5, 0.6) is 0 Å². The van der Waals surface area contributed by atoms with Crippen LogP contribution in [-0.4, -0.2) is 78.1 Å². The van der Waals surface area contributed by atoms with E-state index >= 15 is 0 Å². The van der Waals surface area contributed by atoms with Gasteiger partial charge in [-0.05, 0) is 34.4 Å². The summed E-state index contributed by atoms with van der Waals surface area (Å²) in [6.07, 6.45) is 0.872. The highest BCUT2D eigenvalue weighted by Crippen LogP contribution is 2.09. The van der Waals surface area contributed by atoms with E-state index in [0.717, 1.165) is 13.0 Å². The number of rotatable bonds is 9. The highest BCUT2D eigenvalue weighted by atomic mass is 16.4. The number of carbonyl (C=O) groups excluding carboxylic acids is 1. The first kappa shape index (κ1) is 18.7. The average Bonchev–Trinajstić information content (AvgIpc) is 2.33. The fourth-order valence-electron chi connectivity index (χ4n) is 2.07. The Morgan fingerprint density at radius 2 is 1.70 bits per heavy atom. The van der Waals surface area contributed by atoms with E-state index in [4.69, 9.17) is 5.11 Å². The number of carbonyl (C=O) groups is 2. The molecule has 0 aliphatic carbocycles. The number of amides is 2. The number of carboxylic acid groups (broad SMARTS) is 1. The summed E-state index contributed by atoms with van der Waals surface area (Å²) >= 11 is 0. The predicted octanol–water partition coefficient (Wildman–Crippen LogP) is 1.57. The van der Waals surface area contributed by atoms with Gasteiger partial charge in [0.1, 0.15) is 0 Å². The minimum atomic E-state index is -0.876. The molecule has 0 saturated heterocycles. The fourth-order valence-corrected chi connectivity index (χ4v) is 2.07. The van der Waals surface area contributed by atoms with Crippen molar-refractivity contribution in [2.45, 2.75) is 39.7 Å². The Bertz CT molecular complexity index is 308. The molecule has 2 amide bonds. The Kier molecular flexibility index (Phi) is 8.96. The zero-order valence-electron chi connectivity index (χ0n) is 13.4. The van der Waals surface area contributed by atoms with Crippen LogP contribution in [0.4, 0.5) is 4.79 Å². The van der Waals surface area contributed by atoms with Gasteiger partial charge in [0, 0.05) is 32.2 Å². The van der Waals surface area contributed by atoms with Crippen molar-refractivity contribution in [3.8, 4) is 0 Å². The van der Waals surface area contributed by atoms with Gasteiger partial charge in [-0.3, -0.25) is 4.79 Å². The lowest BCUT2D eigenvalue weighted by molar-refractivity contribution is -0.138. The van der Waals surface area contributed by atoms with E-state index in [1.165, 1.54) is 0 Å². The minimum absolute atomic E-state index is 0.0206. The first-order valence-electron chi connectivity index (χ1n) is 7.25. The van der Waals surface area contributed by atoms with E-state index in [9.17, 15) is 9.59 Å². The van der Waals surface area contributed by atoms with Crippen molar-refractivity contribution in [1.82, 2.24) is 14.7 Å². The van der Waals surface area contributed by atoms with Crippen LogP contribution in [0.1, 0.15) is 33.6 Å². The first-order chi connectivity index (χ1) is 9.33. The van der Waals surface area contributed by atoms with Crippen LogP contribution in [0.25, 0.3) is 0 Å². The highest BCUT2D eigenvalue weighted by Gasteiger charge is 2.24. The van der Waals surface area contributed by atoms with Crippen LogP contribution >= 0.6 is 0 Å². The fraction of sp³-hybridized carbons (Fsp3) is 0.857. The molecule has 0 spiro atoms. The van der Waals surface area contributed by atoms with Gasteiger partial charge in [0.05, 0.1) is 6.42 Å². The average molecular weight is 287 g/mol. The Morgan fingerprint density at radius 3 is 2.10 bits per heavy atom. The smallest absolute Gasteiger partial charge is 0.320 e. The Labute approximate surface area is 122 Å². The van der Waals surface area contributed by atoms with Gasteiger partial charge in [0.2, 0.25) is 0 Å². The van der Waals surface area contributed by atoms with Crippen molar-refractivity contribution >= 4 is 12.0 Å². The van der Waals surface area contributed by atoms with E-state index in [-0.39, 0.29) is 18.5 Å². The summed E-state index contributed by atoms with van der Waals surface area (Å²) in [5, 5.41) is 8.87. The molecule has 0 aromatic heterocycles. The molecule has 0 rings (SSSR count). The van der Waals surface area contributed by atoms with Crippen LogP contribution < -0.4 is 0 Å². The van der Waals surface area contributed by atoms with Gasteiger partial charge >= 0.3 is 12.0 Å². The van der Waals surface area contributed by atoms with Crippen LogP contribution in [0, 0.1) is 0 Å². The summed E-state index contributed by atoms with van der Waals surface area (Å²) in [6, 6.07) is -0.353. The molecule has 0 aliphatic heterocycles. The van der Waals surface area contributed by atoms with Crippen LogP contribution in [0.2, 0.25) is 0 Å². The van der Waals surface area contributed by atoms with E-state index in [2.05, 4.69) is 0 Å². The van der Waals surface area contributed by atoms with Crippen LogP contribution in [0.15, 0.2) is 0 Å². The monoisotopic (exact) mass is 287 g/mol. The normalized spacial score (nSPS) is 12.3. The van der Waals surface area contributed by atoms with Gasteiger partial charge in [-0.2, -0.15) is 0 Å². The lowest BCUT2D eigenvalue weighted by Crippen LogP contribution is -2.49. The number of nitrogens with zero attached hydrogens (tertiary/aromatic N) is 3. The molecule has 0 aliphatic rings. The summed E-state index contributed by atoms with van der Waals surface area (Å²) in [5.41, 5.74) is 0. The molecule has 0 heterocycles. The maximum absolute atomic E-state index is 12.5. The Hall–Kier alpha value is -1.30. The third kappa shape index (κ3) is 6.75. The lowest BCUT2D eigenvalue weighted by Gasteiger charge is -2.34. The summed E-state index contributed by atoms with van der Waals surface area (Å²) in [4.78, 5) is 28.8. The largest absolute Gasteiger partial charge is 0.481 e. The Balaban J connectivity index is 4.75. The highest BCUT2D eigenvalue weighted by molar-refractivity contribution is 5.76. The molecule has 20 heavy (non-hydrogen) atoms. The maximum atomic E-state index is 12.5. The quantitative estimate of drug-likeness (QED) is 0.699.